The monoisotopic (exact) mass is 179 g/mol. The molecule has 0 fully saturated rings. The van der Waals surface area contributed by atoms with Gasteiger partial charge in [0.05, 0.1) is 18.6 Å². The second-order valence-electron chi connectivity index (χ2n) is 3.63. The lowest BCUT2D eigenvalue weighted by Crippen LogP contribution is -3.17. The molecule has 1 nitrogen and oxygen atoms in total. The molecule has 0 aromatic carbocycles. The molecule has 2 heteroatoms. The first-order valence-electron chi connectivity index (χ1n) is 4.45. The van der Waals surface area contributed by atoms with Crippen LogP contribution in [0.1, 0.15) is 41.0 Å². The summed E-state index contributed by atoms with van der Waals surface area (Å²) in [5, 5.41) is 0. The van der Waals surface area contributed by atoms with Gasteiger partial charge in [-0.3, -0.25) is 0 Å². The van der Waals surface area contributed by atoms with Crippen LogP contribution in [0.4, 0.5) is 0 Å². The lowest BCUT2D eigenvalue weighted by atomic mass is 10.2. The quantitative estimate of drug-likeness (QED) is 0.515. The largest absolute Gasteiger partial charge is 1.00 e. The van der Waals surface area contributed by atoms with Crippen LogP contribution in [0.5, 0.6) is 0 Å². The first kappa shape index (κ1) is 13.8. The molecule has 0 aliphatic carbocycles. The molecule has 0 bridgehead atoms. The van der Waals surface area contributed by atoms with E-state index in [2.05, 4.69) is 34.6 Å². The Morgan fingerprint density at radius 3 is 1.45 bits per heavy atom. The lowest BCUT2D eigenvalue weighted by Gasteiger charge is -2.26. The molecular formula is C9H22ClN. The first-order valence-corrected chi connectivity index (χ1v) is 4.45. The van der Waals surface area contributed by atoms with E-state index in [0.717, 1.165) is 12.1 Å². The van der Waals surface area contributed by atoms with Crippen molar-refractivity contribution < 1.29 is 17.3 Å². The highest BCUT2D eigenvalue weighted by atomic mass is 35.5. The van der Waals surface area contributed by atoms with Crippen molar-refractivity contribution >= 4 is 0 Å². The van der Waals surface area contributed by atoms with Gasteiger partial charge in [-0.1, -0.05) is 6.92 Å². The molecule has 0 spiro atoms. The molecule has 0 aliphatic rings. The zero-order chi connectivity index (χ0) is 8.15. The summed E-state index contributed by atoms with van der Waals surface area (Å²) < 4.78 is 0. The summed E-state index contributed by atoms with van der Waals surface area (Å²) in [6.07, 6.45) is 1.30. The van der Waals surface area contributed by atoms with E-state index in [4.69, 9.17) is 0 Å². The van der Waals surface area contributed by atoms with E-state index in [-0.39, 0.29) is 12.4 Å². The Labute approximate surface area is 77.6 Å². The van der Waals surface area contributed by atoms with Crippen LogP contribution >= 0.6 is 0 Å². The van der Waals surface area contributed by atoms with Gasteiger partial charge in [-0.15, -0.1) is 0 Å². The van der Waals surface area contributed by atoms with Gasteiger partial charge in [-0.2, -0.15) is 0 Å². The summed E-state index contributed by atoms with van der Waals surface area (Å²) in [4.78, 5) is 1.72. The topological polar surface area (TPSA) is 4.44 Å². The van der Waals surface area contributed by atoms with Crippen molar-refractivity contribution in [1.29, 1.82) is 0 Å². The molecular weight excluding hydrogens is 158 g/mol. The Kier molecular flexibility index (Phi) is 8.70. The van der Waals surface area contributed by atoms with Crippen molar-refractivity contribution in [3.05, 3.63) is 0 Å². The third-order valence-electron chi connectivity index (χ3n) is 2.02. The molecule has 0 amide bonds. The van der Waals surface area contributed by atoms with Crippen LogP contribution < -0.4 is 17.3 Å². The molecule has 1 N–H and O–H groups in total. The van der Waals surface area contributed by atoms with Crippen molar-refractivity contribution in [2.75, 3.05) is 6.54 Å². The van der Waals surface area contributed by atoms with Crippen molar-refractivity contribution in [3.8, 4) is 0 Å². The van der Waals surface area contributed by atoms with Crippen LogP contribution in [-0.4, -0.2) is 18.6 Å². The van der Waals surface area contributed by atoms with Crippen LogP contribution in [0.3, 0.4) is 0 Å². The molecule has 0 heterocycles. The smallest absolute Gasteiger partial charge is 0.0819 e. The fourth-order valence-corrected chi connectivity index (χ4v) is 1.53. The maximum Gasteiger partial charge on any atom is 0.0819 e. The molecule has 0 saturated heterocycles. The van der Waals surface area contributed by atoms with Crippen LogP contribution in [0.2, 0.25) is 0 Å². The molecule has 0 aromatic heterocycles. The van der Waals surface area contributed by atoms with Gasteiger partial charge in [0.25, 0.3) is 0 Å². The third-order valence-corrected chi connectivity index (χ3v) is 2.02. The van der Waals surface area contributed by atoms with E-state index in [1.54, 1.807) is 4.90 Å². The fraction of sp³-hybridized carbons (Fsp3) is 1.00. The SMILES string of the molecule is CCC[NH+](C(C)C)C(C)C.[Cl-]. The number of nitrogens with one attached hydrogen (secondary N) is 1. The van der Waals surface area contributed by atoms with Crippen molar-refractivity contribution in [2.45, 2.75) is 53.1 Å². The maximum absolute atomic E-state index is 2.30. The molecule has 0 aromatic rings. The van der Waals surface area contributed by atoms with Gasteiger partial charge >= 0.3 is 0 Å². The number of hydrogen-bond acceptors (Lipinski definition) is 0. The average molecular weight is 180 g/mol. The second kappa shape index (κ2) is 6.93. The Hall–Kier alpha value is 0.250. The van der Waals surface area contributed by atoms with Crippen LogP contribution in [0.15, 0.2) is 0 Å². The Morgan fingerprint density at radius 2 is 1.36 bits per heavy atom. The van der Waals surface area contributed by atoms with E-state index >= 15 is 0 Å². The van der Waals surface area contributed by atoms with Crippen LogP contribution in [0.25, 0.3) is 0 Å². The molecule has 0 rings (SSSR count). The molecule has 0 saturated carbocycles. The van der Waals surface area contributed by atoms with Crippen molar-refractivity contribution in [2.24, 2.45) is 0 Å². The van der Waals surface area contributed by atoms with Crippen molar-refractivity contribution in [1.82, 2.24) is 0 Å². The van der Waals surface area contributed by atoms with Gasteiger partial charge in [0, 0.05) is 0 Å². The molecule has 0 radical (unpaired) electrons. The van der Waals surface area contributed by atoms with Gasteiger partial charge in [-0.25, -0.2) is 0 Å². The van der Waals surface area contributed by atoms with E-state index in [1.165, 1.54) is 13.0 Å². The summed E-state index contributed by atoms with van der Waals surface area (Å²) in [5.41, 5.74) is 0. The molecule has 70 valence electrons. The minimum Gasteiger partial charge on any atom is -1.00 e. The van der Waals surface area contributed by atoms with Crippen LogP contribution in [0, 0.1) is 0 Å². The Balaban J connectivity index is 0. The van der Waals surface area contributed by atoms with E-state index in [9.17, 15) is 0 Å². The summed E-state index contributed by atoms with van der Waals surface area (Å²) in [6, 6.07) is 1.56. The van der Waals surface area contributed by atoms with Gasteiger partial charge < -0.3 is 17.3 Å². The average Bonchev–Trinajstić information content (AvgIpc) is 1.81. The normalized spacial score (nSPS) is 10.9. The summed E-state index contributed by atoms with van der Waals surface area (Å²) in [6.45, 7) is 12.8. The first-order chi connectivity index (χ1) is 4.59. The standard InChI is InChI=1S/C9H21N.ClH/c1-6-7-10(8(2)3)9(4)5;/h8-9H,6-7H2,1-5H3;1H. The second-order valence-corrected chi connectivity index (χ2v) is 3.63. The minimum absolute atomic E-state index is 0. The predicted octanol–water partition coefficient (Wildman–Crippen LogP) is -1.90. The number of hydrogen-bond donors (Lipinski definition) is 1. The van der Waals surface area contributed by atoms with Gasteiger partial charge in [0.1, 0.15) is 0 Å². The summed E-state index contributed by atoms with van der Waals surface area (Å²) in [5.74, 6) is 0. The third kappa shape index (κ3) is 5.51. The highest BCUT2D eigenvalue weighted by Crippen LogP contribution is 1.77. The predicted molar refractivity (Wildman–Crippen MR) is 46.4 cm³/mol. The van der Waals surface area contributed by atoms with Crippen molar-refractivity contribution in [3.63, 3.8) is 0 Å². The highest BCUT2D eigenvalue weighted by Gasteiger charge is 2.14. The number of halogens is 1. The lowest BCUT2D eigenvalue weighted by molar-refractivity contribution is -0.942. The van der Waals surface area contributed by atoms with E-state index < -0.39 is 0 Å². The van der Waals surface area contributed by atoms with E-state index in [1.807, 2.05) is 0 Å². The number of rotatable bonds is 4. The zero-order valence-electron chi connectivity index (χ0n) is 8.45. The number of quaternary nitrogens is 1. The molecule has 11 heavy (non-hydrogen) atoms. The molecule has 0 atom stereocenters. The highest BCUT2D eigenvalue weighted by molar-refractivity contribution is 4.40. The van der Waals surface area contributed by atoms with Gasteiger partial charge in [0.2, 0.25) is 0 Å². The summed E-state index contributed by atoms with van der Waals surface area (Å²) in [7, 11) is 0. The van der Waals surface area contributed by atoms with Crippen LogP contribution in [-0.2, 0) is 0 Å². The molecule has 0 unspecified atom stereocenters. The maximum atomic E-state index is 2.30. The minimum atomic E-state index is 0. The van der Waals surface area contributed by atoms with E-state index in [0.29, 0.717) is 0 Å². The van der Waals surface area contributed by atoms with Gasteiger partial charge in [0.15, 0.2) is 0 Å². The van der Waals surface area contributed by atoms with Gasteiger partial charge in [-0.05, 0) is 34.1 Å². The Morgan fingerprint density at radius 1 is 1.00 bits per heavy atom. The fourth-order valence-electron chi connectivity index (χ4n) is 1.53. The summed E-state index contributed by atoms with van der Waals surface area (Å²) >= 11 is 0. The molecule has 0 aliphatic heterocycles. The zero-order valence-corrected chi connectivity index (χ0v) is 9.20. The Bertz CT molecular complexity index is 73.6.